The lowest BCUT2D eigenvalue weighted by Crippen LogP contribution is -1.99. The van der Waals surface area contributed by atoms with Gasteiger partial charge in [0.1, 0.15) is 12.7 Å². The van der Waals surface area contributed by atoms with Gasteiger partial charge in [-0.15, -0.1) is 11.3 Å². The summed E-state index contributed by atoms with van der Waals surface area (Å²) in [7, 11) is 0. The summed E-state index contributed by atoms with van der Waals surface area (Å²) in [4.78, 5) is 8.30. The normalized spacial score (nSPS) is 10.6. The Bertz CT molecular complexity index is 642. The minimum atomic E-state index is 0.733. The molecule has 0 amide bonds. The second-order valence-electron chi connectivity index (χ2n) is 4.21. The molecule has 0 aliphatic heterocycles. The second-order valence-corrected chi connectivity index (χ2v) is 5.07. The third-order valence-corrected chi connectivity index (χ3v) is 3.51. The van der Waals surface area contributed by atoms with E-state index in [1.165, 1.54) is 5.56 Å². The molecule has 0 unspecified atom stereocenters. The highest BCUT2D eigenvalue weighted by molar-refractivity contribution is 7.13. The smallest absolute Gasteiger partial charge is 0.187 e. The van der Waals surface area contributed by atoms with Crippen molar-refractivity contribution in [3.05, 3.63) is 53.6 Å². The number of rotatable bonds is 4. The first kappa shape index (κ1) is 11.9. The van der Waals surface area contributed by atoms with Crippen LogP contribution in [0, 0.1) is 6.92 Å². The molecule has 96 valence electrons. The largest absolute Gasteiger partial charge is 0.332 e. The quantitative estimate of drug-likeness (QED) is 0.792. The number of aryl methyl sites for hydroxylation is 1. The van der Waals surface area contributed by atoms with Crippen LogP contribution < -0.4 is 5.32 Å². The van der Waals surface area contributed by atoms with E-state index < -0.39 is 0 Å². The molecule has 1 aromatic carbocycles. The van der Waals surface area contributed by atoms with Gasteiger partial charge in [-0.25, -0.2) is 14.6 Å². The highest BCUT2D eigenvalue weighted by Crippen LogP contribution is 2.20. The summed E-state index contributed by atoms with van der Waals surface area (Å²) in [6.07, 6.45) is 3.26. The second kappa shape index (κ2) is 5.19. The van der Waals surface area contributed by atoms with Crippen molar-refractivity contribution in [1.29, 1.82) is 0 Å². The maximum absolute atomic E-state index is 4.37. The molecule has 0 atom stereocenters. The molecule has 6 heteroatoms. The zero-order valence-electron chi connectivity index (χ0n) is 10.4. The first-order valence-electron chi connectivity index (χ1n) is 5.90. The van der Waals surface area contributed by atoms with E-state index in [4.69, 9.17) is 0 Å². The Hall–Kier alpha value is -2.21. The maximum atomic E-state index is 4.37. The lowest BCUT2D eigenvalue weighted by atomic mass is 10.2. The number of nitrogens with one attached hydrogen (secondary N) is 1. The number of hydrogen-bond acceptors (Lipinski definition) is 5. The number of benzene rings is 1. The SMILES string of the molecule is Cc1csc(Nc2ccc(Cn3cncn3)cc2)n1. The Labute approximate surface area is 115 Å². The summed E-state index contributed by atoms with van der Waals surface area (Å²) < 4.78 is 1.80. The number of hydrogen-bond donors (Lipinski definition) is 1. The summed E-state index contributed by atoms with van der Waals surface area (Å²) in [5, 5.41) is 10.3. The molecule has 2 aromatic heterocycles. The van der Waals surface area contributed by atoms with Crippen LogP contribution in [0.4, 0.5) is 10.8 Å². The van der Waals surface area contributed by atoms with Crippen molar-refractivity contribution in [3.8, 4) is 0 Å². The van der Waals surface area contributed by atoms with Crippen LogP contribution in [-0.4, -0.2) is 19.7 Å². The minimum absolute atomic E-state index is 0.733. The number of thiazole rings is 1. The van der Waals surface area contributed by atoms with E-state index in [9.17, 15) is 0 Å². The van der Waals surface area contributed by atoms with E-state index in [-0.39, 0.29) is 0 Å². The van der Waals surface area contributed by atoms with Crippen molar-refractivity contribution < 1.29 is 0 Å². The Morgan fingerprint density at radius 1 is 1.26 bits per heavy atom. The van der Waals surface area contributed by atoms with Gasteiger partial charge in [0.05, 0.1) is 12.2 Å². The van der Waals surface area contributed by atoms with E-state index in [2.05, 4.69) is 32.5 Å². The molecule has 3 aromatic rings. The van der Waals surface area contributed by atoms with Crippen LogP contribution >= 0.6 is 11.3 Å². The van der Waals surface area contributed by atoms with Crippen LogP contribution in [0.2, 0.25) is 0 Å². The van der Waals surface area contributed by atoms with Crippen LogP contribution in [0.3, 0.4) is 0 Å². The molecule has 3 rings (SSSR count). The van der Waals surface area contributed by atoms with Crippen molar-refractivity contribution in [2.75, 3.05) is 5.32 Å². The minimum Gasteiger partial charge on any atom is -0.332 e. The van der Waals surface area contributed by atoms with E-state index in [1.54, 1.807) is 28.7 Å². The molecule has 0 saturated carbocycles. The molecular weight excluding hydrogens is 258 g/mol. The van der Waals surface area contributed by atoms with Gasteiger partial charge in [0, 0.05) is 11.1 Å². The van der Waals surface area contributed by atoms with Crippen molar-refractivity contribution in [2.24, 2.45) is 0 Å². The zero-order valence-corrected chi connectivity index (χ0v) is 11.3. The van der Waals surface area contributed by atoms with Gasteiger partial charge in [0.15, 0.2) is 5.13 Å². The van der Waals surface area contributed by atoms with E-state index in [0.717, 1.165) is 23.1 Å². The van der Waals surface area contributed by atoms with Crippen LogP contribution in [-0.2, 0) is 6.54 Å². The zero-order chi connectivity index (χ0) is 13.1. The molecule has 0 bridgehead atoms. The Morgan fingerprint density at radius 3 is 2.74 bits per heavy atom. The van der Waals surface area contributed by atoms with Crippen LogP contribution in [0.5, 0.6) is 0 Å². The lowest BCUT2D eigenvalue weighted by molar-refractivity contribution is 0.685. The lowest BCUT2D eigenvalue weighted by Gasteiger charge is -2.05. The summed E-state index contributed by atoms with van der Waals surface area (Å²) >= 11 is 1.61. The number of aromatic nitrogens is 4. The summed E-state index contributed by atoms with van der Waals surface area (Å²) in [6, 6.07) is 8.24. The average molecular weight is 271 g/mol. The average Bonchev–Trinajstić information content (AvgIpc) is 3.04. The van der Waals surface area contributed by atoms with E-state index in [1.807, 2.05) is 24.4 Å². The Balaban J connectivity index is 1.68. The van der Waals surface area contributed by atoms with Gasteiger partial charge >= 0.3 is 0 Å². The maximum Gasteiger partial charge on any atom is 0.187 e. The van der Waals surface area contributed by atoms with Crippen molar-refractivity contribution >= 4 is 22.2 Å². The van der Waals surface area contributed by atoms with Gasteiger partial charge in [-0.05, 0) is 24.6 Å². The molecular formula is C13H13N5S. The van der Waals surface area contributed by atoms with Crippen LogP contribution in [0.15, 0.2) is 42.3 Å². The fourth-order valence-corrected chi connectivity index (χ4v) is 2.44. The van der Waals surface area contributed by atoms with Crippen molar-refractivity contribution in [1.82, 2.24) is 19.7 Å². The molecule has 0 fully saturated rings. The highest BCUT2D eigenvalue weighted by Gasteiger charge is 2.00. The number of nitrogens with zero attached hydrogens (tertiary/aromatic N) is 4. The Kier molecular flexibility index (Phi) is 3.24. The first-order chi connectivity index (χ1) is 9.29. The summed E-state index contributed by atoms with van der Waals surface area (Å²) in [6.45, 7) is 2.72. The highest BCUT2D eigenvalue weighted by atomic mass is 32.1. The topological polar surface area (TPSA) is 55.6 Å². The Morgan fingerprint density at radius 2 is 2.11 bits per heavy atom. The third kappa shape index (κ3) is 2.97. The van der Waals surface area contributed by atoms with Gasteiger partial charge in [-0.3, -0.25) is 0 Å². The molecule has 0 spiro atoms. The van der Waals surface area contributed by atoms with Gasteiger partial charge < -0.3 is 5.32 Å². The summed E-state index contributed by atoms with van der Waals surface area (Å²) in [5.74, 6) is 0. The van der Waals surface area contributed by atoms with Crippen LogP contribution in [0.25, 0.3) is 0 Å². The first-order valence-corrected chi connectivity index (χ1v) is 6.78. The van der Waals surface area contributed by atoms with Gasteiger partial charge in [0.2, 0.25) is 0 Å². The number of anilines is 2. The molecule has 0 aliphatic rings. The molecule has 19 heavy (non-hydrogen) atoms. The van der Waals surface area contributed by atoms with Gasteiger partial charge in [0.25, 0.3) is 0 Å². The molecule has 5 nitrogen and oxygen atoms in total. The monoisotopic (exact) mass is 271 g/mol. The fourth-order valence-electron chi connectivity index (χ4n) is 1.73. The van der Waals surface area contributed by atoms with E-state index >= 15 is 0 Å². The standard InChI is InChI=1S/C13H13N5S/c1-10-7-19-13(16-10)17-12-4-2-11(3-5-12)6-18-9-14-8-15-18/h2-5,7-9H,6H2,1H3,(H,16,17). The molecule has 0 radical (unpaired) electrons. The molecule has 0 aliphatic carbocycles. The van der Waals surface area contributed by atoms with Crippen LogP contribution in [0.1, 0.15) is 11.3 Å². The van der Waals surface area contributed by atoms with Gasteiger partial charge in [-0.2, -0.15) is 5.10 Å². The van der Waals surface area contributed by atoms with Gasteiger partial charge in [-0.1, -0.05) is 12.1 Å². The molecule has 1 N–H and O–H groups in total. The van der Waals surface area contributed by atoms with Crippen molar-refractivity contribution in [2.45, 2.75) is 13.5 Å². The third-order valence-electron chi connectivity index (χ3n) is 2.64. The van der Waals surface area contributed by atoms with E-state index in [0.29, 0.717) is 0 Å². The predicted molar refractivity (Wildman–Crippen MR) is 75.7 cm³/mol. The molecule has 0 saturated heterocycles. The predicted octanol–water partition coefficient (Wildman–Crippen LogP) is 2.83. The summed E-state index contributed by atoms with van der Waals surface area (Å²) in [5.41, 5.74) is 3.26. The molecule has 2 heterocycles. The fraction of sp³-hybridized carbons (Fsp3) is 0.154. The van der Waals surface area contributed by atoms with Crippen molar-refractivity contribution in [3.63, 3.8) is 0 Å².